The van der Waals surface area contributed by atoms with Gasteiger partial charge in [-0.3, -0.25) is 0 Å². The zero-order valence-corrected chi connectivity index (χ0v) is 21.4. The number of carbonyl (C=O) groups is 2. The highest BCUT2D eigenvalue weighted by atomic mass is 35.5. The molecule has 0 aliphatic carbocycles. The van der Waals surface area contributed by atoms with E-state index in [-0.39, 0.29) is 32.5 Å². The number of urea groups is 1. The molecule has 0 fully saturated rings. The number of anilines is 1. The summed E-state index contributed by atoms with van der Waals surface area (Å²) in [5.74, 6) is -0.501. The van der Waals surface area contributed by atoms with Gasteiger partial charge in [0, 0.05) is 26.0 Å². The minimum absolute atomic E-state index is 0.00163. The van der Waals surface area contributed by atoms with E-state index in [0.29, 0.717) is 35.9 Å². The van der Waals surface area contributed by atoms with E-state index in [1.54, 1.807) is 55.5 Å². The maximum Gasteiger partial charge on any atom is 0.389 e. The number of carbonyl (C=O) groups excluding carboxylic acids is 1. The number of ether oxygens (including phenoxy) is 2. The molecular weight excluding hydrogens is 513 g/mol. The standard InChI is InChI=1S/C26H32ClF3N2O5/c1-2-36-23(24(33)34)18-19-10-12-20(13-11-19)37-17-16-32(15-7-3-6-14-26(28,29)30)25(35)31-22-9-5-4-8-21(22)27/h4-5,8-13,23H,2-3,6-7,14-18H2,1H3,(H,31,35)(H,33,34). The SMILES string of the molecule is CCOC(Cc1ccc(OCCN(CCCCCC(F)(F)F)C(=O)Nc2ccccc2Cl)cc1)C(=O)O. The van der Waals surface area contributed by atoms with Gasteiger partial charge in [-0.1, -0.05) is 42.3 Å². The molecule has 2 aromatic carbocycles. The summed E-state index contributed by atoms with van der Waals surface area (Å²) in [5.41, 5.74) is 1.20. The highest BCUT2D eigenvalue weighted by Crippen LogP contribution is 2.23. The third-order valence-electron chi connectivity index (χ3n) is 5.41. The molecule has 7 nitrogen and oxygen atoms in total. The molecule has 0 aliphatic heterocycles. The Morgan fingerprint density at radius 3 is 2.38 bits per heavy atom. The van der Waals surface area contributed by atoms with Crippen LogP contribution in [0.3, 0.4) is 0 Å². The first-order valence-electron chi connectivity index (χ1n) is 12.0. The Morgan fingerprint density at radius 1 is 1.05 bits per heavy atom. The molecule has 2 rings (SSSR count). The van der Waals surface area contributed by atoms with Gasteiger partial charge in [0.05, 0.1) is 17.3 Å². The fourth-order valence-electron chi connectivity index (χ4n) is 3.50. The molecule has 0 aromatic heterocycles. The van der Waals surface area contributed by atoms with Crippen LogP contribution in [0.2, 0.25) is 5.02 Å². The molecule has 204 valence electrons. The lowest BCUT2D eigenvalue weighted by Gasteiger charge is -2.23. The minimum Gasteiger partial charge on any atom is -0.492 e. The van der Waals surface area contributed by atoms with E-state index in [1.165, 1.54) is 4.90 Å². The molecule has 0 saturated heterocycles. The van der Waals surface area contributed by atoms with Crippen LogP contribution in [-0.4, -0.2) is 60.6 Å². The number of para-hydroxylation sites is 1. The van der Waals surface area contributed by atoms with Gasteiger partial charge in [0.15, 0.2) is 6.10 Å². The zero-order chi connectivity index (χ0) is 27.3. The Hall–Kier alpha value is -2.98. The summed E-state index contributed by atoms with van der Waals surface area (Å²) < 4.78 is 48.2. The van der Waals surface area contributed by atoms with Crippen LogP contribution in [0.1, 0.15) is 38.2 Å². The van der Waals surface area contributed by atoms with E-state index >= 15 is 0 Å². The topological polar surface area (TPSA) is 88.1 Å². The summed E-state index contributed by atoms with van der Waals surface area (Å²) in [4.78, 5) is 25.6. The van der Waals surface area contributed by atoms with Gasteiger partial charge in [-0.05, 0) is 49.6 Å². The van der Waals surface area contributed by atoms with Gasteiger partial charge >= 0.3 is 18.2 Å². The number of hydrogen-bond donors (Lipinski definition) is 2. The van der Waals surface area contributed by atoms with Crippen LogP contribution in [0.15, 0.2) is 48.5 Å². The first kappa shape index (κ1) is 30.2. The van der Waals surface area contributed by atoms with Crippen LogP contribution < -0.4 is 10.1 Å². The minimum atomic E-state index is -4.19. The molecule has 0 saturated carbocycles. The second-order valence-corrected chi connectivity index (χ2v) is 8.71. The number of carboxylic acid groups (broad SMARTS) is 1. The normalized spacial score (nSPS) is 12.1. The van der Waals surface area contributed by atoms with Gasteiger partial charge in [-0.2, -0.15) is 13.2 Å². The van der Waals surface area contributed by atoms with Crippen LogP contribution >= 0.6 is 11.6 Å². The summed E-state index contributed by atoms with van der Waals surface area (Å²) in [6, 6.07) is 13.2. The molecule has 1 atom stereocenters. The number of halogens is 4. The maximum atomic E-state index is 12.8. The summed E-state index contributed by atoms with van der Waals surface area (Å²) in [6.07, 6.45) is -5.02. The molecule has 37 heavy (non-hydrogen) atoms. The molecule has 0 bridgehead atoms. The molecule has 2 amide bonds. The average molecular weight is 545 g/mol. The van der Waals surface area contributed by atoms with Crippen molar-refractivity contribution in [3.63, 3.8) is 0 Å². The Balaban J connectivity index is 1.92. The number of aliphatic carboxylic acids is 1. The lowest BCUT2D eigenvalue weighted by Crippen LogP contribution is -2.38. The smallest absolute Gasteiger partial charge is 0.389 e. The largest absolute Gasteiger partial charge is 0.492 e. The molecule has 0 heterocycles. The molecular formula is C26H32ClF3N2O5. The summed E-state index contributed by atoms with van der Waals surface area (Å²) in [5, 5.41) is 12.3. The Bertz CT molecular complexity index is 989. The van der Waals surface area contributed by atoms with Gasteiger partial charge < -0.3 is 24.8 Å². The number of carboxylic acids is 1. The predicted molar refractivity (Wildman–Crippen MR) is 135 cm³/mol. The van der Waals surface area contributed by atoms with Crippen LogP contribution in [0.5, 0.6) is 5.75 Å². The highest BCUT2D eigenvalue weighted by molar-refractivity contribution is 6.33. The van der Waals surface area contributed by atoms with Crippen LogP contribution in [0.4, 0.5) is 23.7 Å². The van der Waals surface area contributed by atoms with E-state index in [9.17, 15) is 27.9 Å². The van der Waals surface area contributed by atoms with Crippen molar-refractivity contribution in [1.29, 1.82) is 0 Å². The van der Waals surface area contributed by atoms with E-state index in [1.807, 2.05) is 0 Å². The molecule has 0 aliphatic rings. The third kappa shape index (κ3) is 11.7. The van der Waals surface area contributed by atoms with Gasteiger partial charge in [-0.15, -0.1) is 0 Å². The fourth-order valence-corrected chi connectivity index (χ4v) is 3.69. The maximum absolute atomic E-state index is 12.8. The van der Waals surface area contributed by atoms with E-state index in [0.717, 1.165) is 5.56 Å². The highest BCUT2D eigenvalue weighted by Gasteiger charge is 2.26. The first-order valence-corrected chi connectivity index (χ1v) is 12.4. The van der Waals surface area contributed by atoms with Crippen molar-refractivity contribution in [2.24, 2.45) is 0 Å². The fraction of sp³-hybridized carbons (Fsp3) is 0.462. The van der Waals surface area contributed by atoms with Crippen molar-refractivity contribution in [2.75, 3.05) is 31.6 Å². The van der Waals surface area contributed by atoms with Crippen molar-refractivity contribution in [1.82, 2.24) is 4.90 Å². The number of amides is 2. The third-order valence-corrected chi connectivity index (χ3v) is 5.74. The number of rotatable bonds is 15. The Kier molecular flexibility index (Phi) is 12.5. The Labute approximate surface area is 219 Å². The van der Waals surface area contributed by atoms with E-state index in [2.05, 4.69) is 5.32 Å². The van der Waals surface area contributed by atoms with E-state index < -0.39 is 30.7 Å². The van der Waals surface area contributed by atoms with Crippen LogP contribution in [0, 0.1) is 0 Å². The van der Waals surface area contributed by atoms with Gasteiger partial charge in [-0.25, -0.2) is 9.59 Å². The second-order valence-electron chi connectivity index (χ2n) is 8.30. The van der Waals surface area contributed by atoms with Crippen molar-refractivity contribution < 1.29 is 37.3 Å². The number of benzene rings is 2. The molecule has 1 unspecified atom stereocenters. The van der Waals surface area contributed by atoms with Gasteiger partial charge in [0.1, 0.15) is 12.4 Å². The first-order chi connectivity index (χ1) is 17.6. The molecule has 0 spiro atoms. The van der Waals surface area contributed by atoms with Crippen molar-refractivity contribution in [3.8, 4) is 5.75 Å². The second kappa shape index (κ2) is 15.3. The van der Waals surface area contributed by atoms with Gasteiger partial charge in [0.25, 0.3) is 0 Å². The lowest BCUT2D eigenvalue weighted by atomic mass is 10.1. The number of nitrogens with zero attached hydrogens (tertiary/aromatic N) is 1. The van der Waals surface area contributed by atoms with Crippen LogP contribution in [0.25, 0.3) is 0 Å². The number of alkyl halides is 3. The lowest BCUT2D eigenvalue weighted by molar-refractivity contribution is -0.150. The summed E-state index contributed by atoms with van der Waals surface area (Å²) in [6.45, 7) is 2.62. The van der Waals surface area contributed by atoms with Gasteiger partial charge in [0.2, 0.25) is 0 Å². The zero-order valence-electron chi connectivity index (χ0n) is 20.6. The summed E-state index contributed by atoms with van der Waals surface area (Å²) >= 11 is 6.12. The predicted octanol–water partition coefficient (Wildman–Crippen LogP) is 6.41. The van der Waals surface area contributed by atoms with Crippen molar-refractivity contribution in [3.05, 3.63) is 59.1 Å². The Morgan fingerprint density at radius 2 is 1.76 bits per heavy atom. The number of unbranched alkanes of at least 4 members (excludes halogenated alkanes) is 2. The summed E-state index contributed by atoms with van der Waals surface area (Å²) in [7, 11) is 0. The monoisotopic (exact) mass is 544 g/mol. The molecule has 0 radical (unpaired) electrons. The molecule has 11 heteroatoms. The average Bonchev–Trinajstić information content (AvgIpc) is 2.84. The van der Waals surface area contributed by atoms with Crippen LogP contribution in [-0.2, 0) is 16.0 Å². The number of hydrogen-bond acceptors (Lipinski definition) is 4. The molecule has 2 N–H and O–H groups in total. The quantitative estimate of drug-likeness (QED) is 0.253. The van der Waals surface area contributed by atoms with E-state index in [4.69, 9.17) is 21.1 Å². The van der Waals surface area contributed by atoms with Crippen molar-refractivity contribution in [2.45, 2.75) is 51.3 Å². The molecule has 2 aromatic rings. The van der Waals surface area contributed by atoms with Crippen molar-refractivity contribution >= 4 is 29.3 Å². The number of nitrogens with one attached hydrogen (secondary N) is 1.